The largest absolute Gasteiger partial charge is 0.369 e. The van der Waals surface area contributed by atoms with Crippen molar-refractivity contribution in [3.63, 3.8) is 0 Å². The quantitative estimate of drug-likeness (QED) is 0.818. The van der Waals surface area contributed by atoms with Gasteiger partial charge in [-0.3, -0.25) is 0 Å². The summed E-state index contributed by atoms with van der Waals surface area (Å²) in [6.45, 7) is 8.22. The van der Waals surface area contributed by atoms with E-state index in [1.54, 1.807) is 18.5 Å². The van der Waals surface area contributed by atoms with Crippen LogP contribution in [0.25, 0.3) is 0 Å². The number of hydrogen-bond donors (Lipinski definition) is 0. The molecule has 0 aromatic carbocycles. The molecule has 2 heterocycles. The van der Waals surface area contributed by atoms with E-state index in [2.05, 4.69) is 24.0 Å². The molecule has 0 spiro atoms. The second-order valence-electron chi connectivity index (χ2n) is 4.60. The van der Waals surface area contributed by atoms with Crippen molar-refractivity contribution in [2.45, 2.75) is 40.0 Å². The molecule has 0 saturated heterocycles. The van der Waals surface area contributed by atoms with E-state index in [-0.39, 0.29) is 6.03 Å². The maximum atomic E-state index is 12.3. The second kappa shape index (κ2) is 4.76. The molecule has 0 radical (unpaired) electrons. The molecule has 0 amide bonds. The van der Waals surface area contributed by atoms with E-state index in [1.165, 1.54) is 9.36 Å². The van der Waals surface area contributed by atoms with Crippen LogP contribution in [0.2, 0.25) is 0 Å². The van der Waals surface area contributed by atoms with Crippen molar-refractivity contribution in [2.75, 3.05) is 0 Å². The number of aryl methyl sites for hydroxylation is 1. The zero-order valence-electron chi connectivity index (χ0n) is 11.2. The third-order valence-corrected chi connectivity index (χ3v) is 3.00. The first-order valence-corrected chi connectivity index (χ1v) is 6.19. The fraction of sp³-hybridized carbons (Fsp3) is 0.462. The van der Waals surface area contributed by atoms with Crippen LogP contribution in [0, 0.1) is 6.92 Å². The van der Waals surface area contributed by atoms with Gasteiger partial charge in [0.05, 0.1) is 11.4 Å². The standard InChI is InChI=1S/C13H18N4O/c1-5-11-12(9(2)3)10(4)15-17(11)13(18)16-8-6-7-14-16/h6-9H,5H2,1-4H3. The van der Waals surface area contributed by atoms with E-state index in [0.717, 1.165) is 23.4 Å². The lowest BCUT2D eigenvalue weighted by Gasteiger charge is -2.08. The molecule has 0 aliphatic rings. The Morgan fingerprint density at radius 3 is 2.67 bits per heavy atom. The van der Waals surface area contributed by atoms with Gasteiger partial charge in [-0.25, -0.2) is 4.79 Å². The average molecular weight is 246 g/mol. The molecule has 0 saturated carbocycles. The van der Waals surface area contributed by atoms with Gasteiger partial charge in [-0.2, -0.15) is 19.6 Å². The fourth-order valence-corrected chi connectivity index (χ4v) is 2.32. The third kappa shape index (κ3) is 1.96. The van der Waals surface area contributed by atoms with Gasteiger partial charge in [-0.1, -0.05) is 20.8 Å². The van der Waals surface area contributed by atoms with Crippen molar-refractivity contribution >= 4 is 6.03 Å². The first-order valence-electron chi connectivity index (χ1n) is 6.19. The molecule has 0 aliphatic heterocycles. The van der Waals surface area contributed by atoms with Crippen LogP contribution in [-0.4, -0.2) is 25.6 Å². The van der Waals surface area contributed by atoms with Crippen molar-refractivity contribution in [3.8, 4) is 0 Å². The number of rotatable bonds is 2. The van der Waals surface area contributed by atoms with Crippen LogP contribution in [0.15, 0.2) is 18.5 Å². The molecule has 2 aromatic rings. The minimum atomic E-state index is -0.230. The smallest absolute Gasteiger partial charge is 0.244 e. The molecule has 2 aromatic heterocycles. The highest BCUT2D eigenvalue weighted by atomic mass is 16.2. The van der Waals surface area contributed by atoms with Gasteiger partial charge in [0.2, 0.25) is 0 Å². The number of carbonyl (C=O) groups excluding carboxylic acids is 1. The van der Waals surface area contributed by atoms with E-state index >= 15 is 0 Å². The van der Waals surface area contributed by atoms with Crippen LogP contribution < -0.4 is 0 Å². The van der Waals surface area contributed by atoms with Gasteiger partial charge in [0, 0.05) is 12.4 Å². The van der Waals surface area contributed by atoms with Gasteiger partial charge < -0.3 is 0 Å². The maximum Gasteiger partial charge on any atom is 0.369 e. The average Bonchev–Trinajstić information content (AvgIpc) is 2.94. The highest BCUT2D eigenvalue weighted by molar-refractivity contribution is 5.78. The number of carbonyl (C=O) groups is 1. The Kier molecular flexibility index (Phi) is 3.32. The zero-order chi connectivity index (χ0) is 13.3. The maximum absolute atomic E-state index is 12.3. The van der Waals surface area contributed by atoms with E-state index in [9.17, 15) is 4.79 Å². The predicted molar refractivity (Wildman–Crippen MR) is 68.9 cm³/mol. The molecule has 18 heavy (non-hydrogen) atoms. The molecule has 0 unspecified atom stereocenters. The molecule has 0 bridgehead atoms. The first-order chi connectivity index (χ1) is 8.56. The lowest BCUT2D eigenvalue weighted by molar-refractivity contribution is 0.237. The van der Waals surface area contributed by atoms with Gasteiger partial charge in [0.1, 0.15) is 0 Å². The lowest BCUT2D eigenvalue weighted by atomic mass is 10.00. The number of hydrogen-bond acceptors (Lipinski definition) is 3. The van der Waals surface area contributed by atoms with Crippen LogP contribution in [-0.2, 0) is 6.42 Å². The van der Waals surface area contributed by atoms with Crippen molar-refractivity contribution in [2.24, 2.45) is 0 Å². The first kappa shape index (κ1) is 12.5. The van der Waals surface area contributed by atoms with Crippen LogP contribution >= 0.6 is 0 Å². The minimum absolute atomic E-state index is 0.230. The Balaban J connectivity index is 2.52. The van der Waals surface area contributed by atoms with Gasteiger partial charge >= 0.3 is 6.03 Å². The Bertz CT molecular complexity index is 552. The minimum Gasteiger partial charge on any atom is -0.244 e. The molecule has 2 rings (SSSR count). The summed E-state index contributed by atoms with van der Waals surface area (Å²) >= 11 is 0. The van der Waals surface area contributed by atoms with E-state index < -0.39 is 0 Å². The van der Waals surface area contributed by atoms with E-state index in [4.69, 9.17) is 0 Å². The van der Waals surface area contributed by atoms with Crippen molar-refractivity contribution in [1.29, 1.82) is 0 Å². The van der Waals surface area contributed by atoms with Gasteiger partial charge in [-0.15, -0.1) is 0 Å². The van der Waals surface area contributed by atoms with Crippen LogP contribution in [0.1, 0.15) is 43.6 Å². The normalized spacial score (nSPS) is 11.2. The molecule has 5 nitrogen and oxygen atoms in total. The second-order valence-corrected chi connectivity index (χ2v) is 4.60. The Morgan fingerprint density at radius 2 is 2.17 bits per heavy atom. The molecule has 5 heteroatoms. The third-order valence-electron chi connectivity index (χ3n) is 3.00. The van der Waals surface area contributed by atoms with Gasteiger partial charge in [-0.05, 0) is 30.9 Å². The highest BCUT2D eigenvalue weighted by Gasteiger charge is 2.21. The Hall–Kier alpha value is -1.91. The topological polar surface area (TPSA) is 52.7 Å². The fourth-order valence-electron chi connectivity index (χ4n) is 2.32. The molecule has 0 N–H and O–H groups in total. The monoisotopic (exact) mass is 246 g/mol. The summed E-state index contributed by atoms with van der Waals surface area (Å²) in [6.07, 6.45) is 4.00. The number of aromatic nitrogens is 4. The van der Waals surface area contributed by atoms with Crippen molar-refractivity contribution < 1.29 is 4.79 Å². The van der Waals surface area contributed by atoms with Crippen molar-refractivity contribution in [1.82, 2.24) is 19.6 Å². The summed E-state index contributed by atoms with van der Waals surface area (Å²) in [6, 6.07) is 1.50. The Labute approximate surface area is 106 Å². The zero-order valence-corrected chi connectivity index (χ0v) is 11.2. The summed E-state index contributed by atoms with van der Waals surface area (Å²) in [5.74, 6) is 0.360. The number of nitrogens with zero attached hydrogens (tertiary/aromatic N) is 4. The van der Waals surface area contributed by atoms with E-state index in [0.29, 0.717) is 5.92 Å². The summed E-state index contributed by atoms with van der Waals surface area (Å²) in [7, 11) is 0. The summed E-state index contributed by atoms with van der Waals surface area (Å²) < 4.78 is 2.77. The van der Waals surface area contributed by atoms with Crippen molar-refractivity contribution in [3.05, 3.63) is 35.4 Å². The highest BCUT2D eigenvalue weighted by Crippen LogP contribution is 2.23. The molecule has 0 fully saturated rings. The SMILES string of the molecule is CCc1c(C(C)C)c(C)nn1C(=O)n1cccn1. The molecule has 0 aliphatic carbocycles. The van der Waals surface area contributed by atoms with Gasteiger partial charge in [0.25, 0.3) is 0 Å². The van der Waals surface area contributed by atoms with Gasteiger partial charge in [0.15, 0.2) is 0 Å². The van der Waals surface area contributed by atoms with E-state index in [1.807, 2.05) is 13.8 Å². The van der Waals surface area contributed by atoms with Crippen LogP contribution in [0.5, 0.6) is 0 Å². The summed E-state index contributed by atoms with van der Waals surface area (Å²) in [4.78, 5) is 12.3. The Morgan fingerprint density at radius 1 is 1.44 bits per heavy atom. The molecule has 96 valence electrons. The molecular weight excluding hydrogens is 228 g/mol. The van der Waals surface area contributed by atoms with Crippen LogP contribution in [0.3, 0.4) is 0 Å². The lowest BCUT2D eigenvalue weighted by Crippen LogP contribution is -2.23. The predicted octanol–water partition coefficient (Wildman–Crippen LogP) is 2.59. The summed E-state index contributed by atoms with van der Waals surface area (Å²) in [5, 5.41) is 8.32. The summed E-state index contributed by atoms with van der Waals surface area (Å²) in [5.41, 5.74) is 3.06. The van der Waals surface area contributed by atoms with Crippen LogP contribution in [0.4, 0.5) is 4.79 Å². The molecule has 0 atom stereocenters. The molecular formula is C13H18N4O.